The van der Waals surface area contributed by atoms with Crippen molar-refractivity contribution in [3.05, 3.63) is 94.9 Å². The summed E-state index contributed by atoms with van der Waals surface area (Å²) in [4.78, 5) is 16.3. The van der Waals surface area contributed by atoms with Crippen LogP contribution in [0.4, 0.5) is 8.78 Å². The van der Waals surface area contributed by atoms with Gasteiger partial charge < -0.3 is 10.3 Å². The Hall–Kier alpha value is -4.00. The molecule has 5 nitrogen and oxygen atoms in total. The van der Waals surface area contributed by atoms with Gasteiger partial charge in [-0.15, -0.1) is 0 Å². The van der Waals surface area contributed by atoms with E-state index in [1.807, 2.05) is 44.3 Å². The lowest BCUT2D eigenvalue weighted by Gasteiger charge is -2.15. The van der Waals surface area contributed by atoms with Gasteiger partial charge in [-0.1, -0.05) is 26.0 Å². The molecule has 2 aromatic carbocycles. The monoisotopic (exact) mass is 458 g/mol. The SMILES string of the molecule is Cc1nn2c(C(C)C)c(C(=O)NCc3ccc4[nH]ccc4c3)ccc2c1-c1c(F)cccc1F. The second-order valence-corrected chi connectivity index (χ2v) is 8.72. The Labute approximate surface area is 195 Å². The van der Waals surface area contributed by atoms with Crippen LogP contribution in [-0.2, 0) is 6.54 Å². The Bertz CT molecular complexity index is 1530. The molecule has 3 heterocycles. The van der Waals surface area contributed by atoms with Crippen LogP contribution in [0.5, 0.6) is 0 Å². The molecule has 5 aromatic rings. The van der Waals surface area contributed by atoms with E-state index >= 15 is 0 Å². The van der Waals surface area contributed by atoms with Crippen molar-refractivity contribution in [1.29, 1.82) is 0 Å². The highest BCUT2D eigenvalue weighted by molar-refractivity contribution is 5.97. The van der Waals surface area contributed by atoms with Gasteiger partial charge in [0.25, 0.3) is 5.91 Å². The van der Waals surface area contributed by atoms with Crippen molar-refractivity contribution in [1.82, 2.24) is 19.9 Å². The lowest BCUT2D eigenvalue weighted by Crippen LogP contribution is -2.25. The van der Waals surface area contributed by atoms with Gasteiger partial charge >= 0.3 is 0 Å². The van der Waals surface area contributed by atoms with Gasteiger partial charge in [0.1, 0.15) is 11.6 Å². The molecule has 0 unspecified atom stereocenters. The van der Waals surface area contributed by atoms with Gasteiger partial charge in [0, 0.05) is 23.8 Å². The smallest absolute Gasteiger partial charge is 0.253 e. The molecule has 0 aliphatic heterocycles. The molecule has 34 heavy (non-hydrogen) atoms. The third-order valence-corrected chi connectivity index (χ3v) is 6.08. The number of hydrogen-bond donors (Lipinski definition) is 2. The predicted octanol–water partition coefficient (Wildman–Crippen LogP) is 6.12. The molecule has 0 atom stereocenters. The van der Waals surface area contributed by atoms with E-state index in [1.54, 1.807) is 23.6 Å². The molecule has 3 aromatic heterocycles. The van der Waals surface area contributed by atoms with Gasteiger partial charge in [-0.05, 0) is 66.3 Å². The van der Waals surface area contributed by atoms with Gasteiger partial charge in [0.15, 0.2) is 0 Å². The molecule has 7 heteroatoms. The summed E-state index contributed by atoms with van der Waals surface area (Å²) in [6, 6.07) is 15.2. The normalized spacial score (nSPS) is 11.6. The average molecular weight is 459 g/mol. The lowest BCUT2D eigenvalue weighted by atomic mass is 9.99. The molecule has 5 rings (SSSR count). The zero-order valence-corrected chi connectivity index (χ0v) is 19.1. The van der Waals surface area contributed by atoms with E-state index in [1.165, 1.54) is 18.2 Å². The highest BCUT2D eigenvalue weighted by Gasteiger charge is 2.24. The molecule has 0 saturated carbocycles. The van der Waals surface area contributed by atoms with Gasteiger partial charge in [0.05, 0.1) is 28.0 Å². The number of H-pyrrole nitrogens is 1. The average Bonchev–Trinajstić information content (AvgIpc) is 3.40. The second kappa shape index (κ2) is 8.41. The summed E-state index contributed by atoms with van der Waals surface area (Å²) in [5.74, 6) is -1.58. The standard InChI is InChI=1S/C27H24F2N4O/c1-15(2)26-19(27(34)31-14-17-7-9-22-18(13-17)11-12-30-22)8-10-23-24(16(3)32-33(23)26)25-20(28)5-4-6-21(25)29/h4-13,15,30H,14H2,1-3H3,(H,31,34). The first-order valence-electron chi connectivity index (χ1n) is 11.2. The van der Waals surface area contributed by atoms with E-state index in [0.29, 0.717) is 34.6 Å². The van der Waals surface area contributed by atoms with Crippen LogP contribution in [0, 0.1) is 18.6 Å². The van der Waals surface area contributed by atoms with Crippen LogP contribution in [0.25, 0.3) is 27.5 Å². The lowest BCUT2D eigenvalue weighted by molar-refractivity contribution is 0.0949. The largest absolute Gasteiger partial charge is 0.361 e. The topological polar surface area (TPSA) is 62.2 Å². The van der Waals surface area contributed by atoms with E-state index in [4.69, 9.17) is 0 Å². The zero-order valence-electron chi connectivity index (χ0n) is 19.1. The first-order chi connectivity index (χ1) is 16.3. The number of rotatable bonds is 5. The van der Waals surface area contributed by atoms with Crippen LogP contribution in [0.1, 0.15) is 47.1 Å². The van der Waals surface area contributed by atoms with Crippen LogP contribution in [0.2, 0.25) is 0 Å². The Morgan fingerprint density at radius 3 is 2.56 bits per heavy atom. The molecule has 0 saturated heterocycles. The van der Waals surface area contributed by atoms with Crippen LogP contribution in [0.15, 0.2) is 60.8 Å². The molecule has 2 N–H and O–H groups in total. The molecular weight excluding hydrogens is 434 g/mol. The van der Waals surface area contributed by atoms with Crippen LogP contribution in [0.3, 0.4) is 0 Å². The summed E-state index contributed by atoms with van der Waals surface area (Å²) in [7, 11) is 0. The summed E-state index contributed by atoms with van der Waals surface area (Å²) >= 11 is 0. The Morgan fingerprint density at radius 1 is 1.06 bits per heavy atom. The number of carbonyl (C=O) groups is 1. The summed E-state index contributed by atoms with van der Waals surface area (Å²) in [5, 5.41) is 8.66. The third kappa shape index (κ3) is 3.63. The van der Waals surface area contributed by atoms with Crippen molar-refractivity contribution >= 4 is 22.3 Å². The number of nitrogens with one attached hydrogen (secondary N) is 2. The maximum Gasteiger partial charge on any atom is 0.253 e. The van der Waals surface area contributed by atoms with Crippen molar-refractivity contribution in [2.75, 3.05) is 0 Å². The highest BCUT2D eigenvalue weighted by Crippen LogP contribution is 2.34. The van der Waals surface area contributed by atoms with Gasteiger partial charge in [0.2, 0.25) is 0 Å². The maximum absolute atomic E-state index is 14.6. The Balaban J connectivity index is 1.54. The second-order valence-electron chi connectivity index (χ2n) is 8.72. The molecule has 0 fully saturated rings. The number of nitrogens with zero attached hydrogens (tertiary/aromatic N) is 2. The molecule has 0 aliphatic rings. The van der Waals surface area contributed by atoms with E-state index in [9.17, 15) is 13.6 Å². The highest BCUT2D eigenvalue weighted by atomic mass is 19.1. The molecular formula is C27H24F2N4O. The minimum absolute atomic E-state index is 0.0572. The Morgan fingerprint density at radius 2 is 1.82 bits per heavy atom. The predicted molar refractivity (Wildman–Crippen MR) is 129 cm³/mol. The number of pyridine rings is 1. The fraction of sp³-hybridized carbons (Fsp3) is 0.185. The van der Waals surface area contributed by atoms with Crippen molar-refractivity contribution in [3.8, 4) is 11.1 Å². The number of halogens is 2. The first kappa shape index (κ1) is 21.8. The van der Waals surface area contributed by atoms with E-state index in [2.05, 4.69) is 15.4 Å². The quantitative estimate of drug-likeness (QED) is 0.333. The van der Waals surface area contributed by atoms with Gasteiger partial charge in [-0.2, -0.15) is 5.10 Å². The van der Waals surface area contributed by atoms with E-state index in [-0.39, 0.29) is 17.4 Å². The molecule has 1 amide bonds. The fourth-order valence-corrected chi connectivity index (χ4v) is 4.53. The number of carbonyl (C=O) groups excluding carboxylic acids is 1. The van der Waals surface area contributed by atoms with Crippen molar-refractivity contribution in [2.24, 2.45) is 0 Å². The summed E-state index contributed by atoms with van der Waals surface area (Å²) in [6.07, 6.45) is 1.88. The number of aromatic nitrogens is 3. The molecule has 0 aliphatic carbocycles. The number of fused-ring (bicyclic) bond motifs is 2. The minimum Gasteiger partial charge on any atom is -0.361 e. The number of hydrogen-bond acceptors (Lipinski definition) is 2. The first-order valence-corrected chi connectivity index (χ1v) is 11.2. The van der Waals surface area contributed by atoms with Crippen molar-refractivity contribution in [3.63, 3.8) is 0 Å². The van der Waals surface area contributed by atoms with Gasteiger partial charge in [-0.25, -0.2) is 13.3 Å². The van der Waals surface area contributed by atoms with E-state index in [0.717, 1.165) is 16.5 Å². The Kier molecular flexibility index (Phi) is 5.40. The number of aromatic amines is 1. The van der Waals surface area contributed by atoms with E-state index < -0.39 is 11.6 Å². The van der Waals surface area contributed by atoms with Crippen LogP contribution < -0.4 is 5.32 Å². The third-order valence-electron chi connectivity index (χ3n) is 6.08. The summed E-state index contributed by atoms with van der Waals surface area (Å²) < 4.78 is 30.8. The number of amides is 1. The molecule has 0 spiro atoms. The van der Waals surface area contributed by atoms with Gasteiger partial charge in [-0.3, -0.25) is 4.79 Å². The maximum atomic E-state index is 14.6. The fourth-order valence-electron chi connectivity index (χ4n) is 4.53. The minimum atomic E-state index is -0.648. The van der Waals surface area contributed by atoms with Crippen LogP contribution >= 0.6 is 0 Å². The summed E-state index contributed by atoms with van der Waals surface area (Å²) in [6.45, 7) is 6.02. The summed E-state index contributed by atoms with van der Waals surface area (Å²) in [5.41, 5.74) is 4.52. The molecule has 0 bridgehead atoms. The number of aryl methyl sites for hydroxylation is 1. The van der Waals surface area contributed by atoms with Crippen molar-refractivity contribution < 1.29 is 13.6 Å². The zero-order chi connectivity index (χ0) is 24.0. The van der Waals surface area contributed by atoms with Crippen molar-refractivity contribution in [2.45, 2.75) is 33.2 Å². The molecule has 0 radical (unpaired) electrons. The van der Waals surface area contributed by atoms with Crippen LogP contribution in [-0.4, -0.2) is 20.5 Å². The molecule has 172 valence electrons. The number of benzene rings is 2.